The standard InChI is InChI=1S/C23H27N3O5/c1-16-3-8-19(31-16)20(27)24-18-6-4-17(5-7-18)21(28)26-12-10-23(15-26)9-11-25(22(23)29)13-14-30-2/h3-8H,9-15H2,1-2H3,(H,24,27). The molecule has 1 spiro atoms. The van der Waals surface area contributed by atoms with Crippen LogP contribution in [0, 0.1) is 12.3 Å². The number of methoxy groups -OCH3 is 1. The fraction of sp³-hybridized carbons (Fsp3) is 0.435. The Labute approximate surface area is 181 Å². The molecule has 2 saturated heterocycles. The van der Waals surface area contributed by atoms with Crippen LogP contribution in [0.3, 0.4) is 0 Å². The minimum absolute atomic E-state index is 0.0976. The number of likely N-dealkylation sites (tertiary alicyclic amines) is 2. The van der Waals surface area contributed by atoms with Crippen molar-refractivity contribution in [1.82, 2.24) is 9.80 Å². The first-order valence-electron chi connectivity index (χ1n) is 10.5. The molecule has 8 nitrogen and oxygen atoms in total. The zero-order valence-corrected chi connectivity index (χ0v) is 17.8. The van der Waals surface area contributed by atoms with Crippen LogP contribution in [0.2, 0.25) is 0 Å². The number of nitrogens with zero attached hydrogens (tertiary/aromatic N) is 2. The van der Waals surface area contributed by atoms with E-state index >= 15 is 0 Å². The first-order chi connectivity index (χ1) is 14.9. The number of ether oxygens (including phenoxy) is 1. The van der Waals surface area contributed by atoms with Gasteiger partial charge in [-0.15, -0.1) is 0 Å². The van der Waals surface area contributed by atoms with Crippen LogP contribution in [0.15, 0.2) is 40.8 Å². The summed E-state index contributed by atoms with van der Waals surface area (Å²) in [5, 5.41) is 2.76. The lowest BCUT2D eigenvalue weighted by Crippen LogP contribution is -2.39. The van der Waals surface area contributed by atoms with Crippen molar-refractivity contribution in [3.8, 4) is 0 Å². The SMILES string of the molecule is COCCN1CCC2(CCN(C(=O)c3ccc(NC(=O)c4ccc(C)o4)cc3)C2)C1=O. The highest BCUT2D eigenvalue weighted by molar-refractivity contribution is 6.02. The zero-order chi connectivity index (χ0) is 22.0. The third kappa shape index (κ3) is 4.20. The van der Waals surface area contributed by atoms with E-state index in [1.165, 1.54) is 0 Å². The number of carbonyl (C=O) groups excluding carboxylic acids is 3. The third-order valence-electron chi connectivity index (χ3n) is 6.16. The summed E-state index contributed by atoms with van der Waals surface area (Å²) in [5.41, 5.74) is 0.650. The van der Waals surface area contributed by atoms with Crippen molar-refractivity contribution >= 4 is 23.4 Å². The number of anilines is 1. The van der Waals surface area contributed by atoms with E-state index in [9.17, 15) is 14.4 Å². The summed E-state index contributed by atoms with van der Waals surface area (Å²) in [7, 11) is 1.63. The lowest BCUT2D eigenvalue weighted by Gasteiger charge is -2.23. The monoisotopic (exact) mass is 425 g/mol. The highest BCUT2D eigenvalue weighted by Crippen LogP contribution is 2.41. The van der Waals surface area contributed by atoms with Gasteiger partial charge in [-0.1, -0.05) is 0 Å². The van der Waals surface area contributed by atoms with Crippen LogP contribution in [0.25, 0.3) is 0 Å². The van der Waals surface area contributed by atoms with Crippen molar-refractivity contribution in [2.75, 3.05) is 45.2 Å². The van der Waals surface area contributed by atoms with Gasteiger partial charge in [-0.05, 0) is 56.2 Å². The summed E-state index contributed by atoms with van der Waals surface area (Å²) in [6, 6.07) is 10.1. The van der Waals surface area contributed by atoms with Crippen molar-refractivity contribution in [2.45, 2.75) is 19.8 Å². The number of benzene rings is 1. The Morgan fingerprint density at radius 2 is 1.87 bits per heavy atom. The predicted molar refractivity (Wildman–Crippen MR) is 114 cm³/mol. The third-order valence-corrected chi connectivity index (χ3v) is 6.16. The topological polar surface area (TPSA) is 92.1 Å². The molecule has 1 unspecified atom stereocenters. The Hall–Kier alpha value is -3.13. The number of hydrogen-bond acceptors (Lipinski definition) is 5. The fourth-order valence-corrected chi connectivity index (χ4v) is 4.36. The van der Waals surface area contributed by atoms with Gasteiger partial charge in [-0.3, -0.25) is 14.4 Å². The average molecular weight is 425 g/mol. The molecule has 1 N–H and O–H groups in total. The molecule has 0 radical (unpaired) electrons. The molecule has 164 valence electrons. The number of rotatable bonds is 6. The van der Waals surface area contributed by atoms with Crippen molar-refractivity contribution in [2.24, 2.45) is 5.41 Å². The first kappa shape index (κ1) is 21.1. The lowest BCUT2D eigenvalue weighted by atomic mass is 9.85. The molecule has 1 aromatic carbocycles. The number of hydrogen-bond donors (Lipinski definition) is 1. The molecule has 31 heavy (non-hydrogen) atoms. The highest BCUT2D eigenvalue weighted by atomic mass is 16.5. The smallest absolute Gasteiger partial charge is 0.291 e. The van der Waals surface area contributed by atoms with Crippen molar-refractivity contribution < 1.29 is 23.5 Å². The second-order valence-electron chi connectivity index (χ2n) is 8.23. The minimum Gasteiger partial charge on any atom is -0.456 e. The molecule has 0 aliphatic carbocycles. The Morgan fingerprint density at radius 1 is 1.13 bits per heavy atom. The molecule has 1 aromatic heterocycles. The molecule has 1 atom stereocenters. The van der Waals surface area contributed by atoms with E-state index in [0.717, 1.165) is 6.42 Å². The largest absolute Gasteiger partial charge is 0.456 e. The Balaban J connectivity index is 1.37. The first-order valence-corrected chi connectivity index (χ1v) is 10.5. The molecule has 8 heteroatoms. The maximum Gasteiger partial charge on any atom is 0.291 e. The summed E-state index contributed by atoms with van der Waals surface area (Å²) in [5.74, 6) is 0.592. The van der Waals surface area contributed by atoms with Gasteiger partial charge in [0.1, 0.15) is 5.76 Å². The van der Waals surface area contributed by atoms with Crippen molar-refractivity contribution in [1.29, 1.82) is 0 Å². The Bertz CT molecular complexity index is 983. The van der Waals surface area contributed by atoms with Gasteiger partial charge in [0.25, 0.3) is 11.8 Å². The van der Waals surface area contributed by atoms with E-state index in [2.05, 4.69) is 5.32 Å². The molecule has 3 heterocycles. The average Bonchev–Trinajstić information content (AvgIpc) is 3.48. The van der Waals surface area contributed by atoms with E-state index in [0.29, 0.717) is 56.2 Å². The van der Waals surface area contributed by atoms with Crippen LogP contribution < -0.4 is 5.32 Å². The molecule has 2 aliphatic rings. The van der Waals surface area contributed by atoms with Gasteiger partial charge in [-0.25, -0.2) is 0 Å². The van der Waals surface area contributed by atoms with Crippen LogP contribution in [-0.2, 0) is 9.53 Å². The van der Waals surface area contributed by atoms with Crippen LogP contribution in [0.1, 0.15) is 39.5 Å². The van der Waals surface area contributed by atoms with Gasteiger partial charge in [0.05, 0.1) is 12.0 Å². The molecular formula is C23H27N3O5. The van der Waals surface area contributed by atoms with Crippen LogP contribution in [-0.4, -0.2) is 67.4 Å². The highest BCUT2D eigenvalue weighted by Gasteiger charge is 2.51. The summed E-state index contributed by atoms with van der Waals surface area (Å²) >= 11 is 0. The normalized spacial score (nSPS) is 20.6. The second-order valence-corrected chi connectivity index (χ2v) is 8.23. The maximum atomic E-state index is 13.0. The second kappa shape index (κ2) is 8.55. The molecule has 0 bridgehead atoms. The summed E-state index contributed by atoms with van der Waals surface area (Å²) in [4.78, 5) is 41.7. The molecule has 3 amide bonds. The predicted octanol–water partition coefficient (Wildman–Crippen LogP) is 2.55. The van der Waals surface area contributed by atoms with Crippen molar-refractivity contribution in [3.05, 3.63) is 53.5 Å². The number of amides is 3. The molecule has 2 fully saturated rings. The molecule has 0 saturated carbocycles. The van der Waals surface area contributed by atoms with Crippen LogP contribution in [0.4, 0.5) is 5.69 Å². The Kier molecular flexibility index (Phi) is 5.82. The van der Waals surface area contributed by atoms with Crippen LogP contribution in [0.5, 0.6) is 0 Å². The fourth-order valence-electron chi connectivity index (χ4n) is 4.36. The van der Waals surface area contributed by atoms with Gasteiger partial charge in [0.2, 0.25) is 5.91 Å². The van der Waals surface area contributed by atoms with E-state index in [1.54, 1.807) is 55.3 Å². The van der Waals surface area contributed by atoms with Crippen molar-refractivity contribution in [3.63, 3.8) is 0 Å². The van der Waals surface area contributed by atoms with E-state index < -0.39 is 5.41 Å². The minimum atomic E-state index is -0.460. The van der Waals surface area contributed by atoms with E-state index in [-0.39, 0.29) is 23.5 Å². The number of nitrogens with one attached hydrogen (secondary N) is 1. The molecular weight excluding hydrogens is 398 g/mol. The summed E-state index contributed by atoms with van der Waals surface area (Å²) in [6.45, 7) is 4.62. The van der Waals surface area contributed by atoms with Gasteiger partial charge in [0, 0.05) is 44.5 Å². The van der Waals surface area contributed by atoms with Gasteiger partial charge in [-0.2, -0.15) is 0 Å². The summed E-state index contributed by atoms with van der Waals surface area (Å²) in [6.07, 6.45) is 1.47. The van der Waals surface area contributed by atoms with Gasteiger partial charge >= 0.3 is 0 Å². The van der Waals surface area contributed by atoms with E-state index in [1.807, 2.05) is 4.90 Å². The van der Waals surface area contributed by atoms with Gasteiger partial charge in [0.15, 0.2) is 5.76 Å². The van der Waals surface area contributed by atoms with Crippen LogP contribution >= 0.6 is 0 Å². The lowest BCUT2D eigenvalue weighted by molar-refractivity contribution is -0.135. The maximum absolute atomic E-state index is 13.0. The molecule has 2 aromatic rings. The van der Waals surface area contributed by atoms with E-state index in [4.69, 9.17) is 9.15 Å². The Morgan fingerprint density at radius 3 is 2.55 bits per heavy atom. The number of furan rings is 1. The zero-order valence-electron chi connectivity index (χ0n) is 17.8. The summed E-state index contributed by atoms with van der Waals surface area (Å²) < 4.78 is 10.4. The number of aryl methyl sites for hydroxylation is 1. The quantitative estimate of drug-likeness (QED) is 0.768. The number of carbonyl (C=O) groups is 3. The van der Waals surface area contributed by atoms with Gasteiger partial charge < -0.3 is 24.3 Å². The molecule has 2 aliphatic heterocycles. The molecule has 4 rings (SSSR count).